The highest BCUT2D eigenvalue weighted by Crippen LogP contribution is 2.26. The summed E-state index contributed by atoms with van der Waals surface area (Å²) in [4.78, 5) is 14.4. The van der Waals surface area contributed by atoms with Crippen molar-refractivity contribution in [2.75, 3.05) is 25.0 Å². The number of aryl methyl sites for hydroxylation is 1. The summed E-state index contributed by atoms with van der Waals surface area (Å²) in [5, 5.41) is 6.14. The Morgan fingerprint density at radius 2 is 2.16 bits per heavy atom. The predicted molar refractivity (Wildman–Crippen MR) is 78.6 cm³/mol. The van der Waals surface area contributed by atoms with E-state index >= 15 is 0 Å². The van der Waals surface area contributed by atoms with E-state index in [1.54, 1.807) is 0 Å². The minimum Gasteiger partial charge on any atom is -0.356 e. The molecule has 1 aliphatic rings. The first kappa shape index (κ1) is 13.9. The first-order valence-electron chi connectivity index (χ1n) is 6.82. The Kier molecular flexibility index (Phi) is 4.10. The van der Waals surface area contributed by atoms with E-state index in [2.05, 4.69) is 47.6 Å². The molecule has 0 saturated carbocycles. The molecule has 1 saturated heterocycles. The lowest BCUT2D eigenvalue weighted by Gasteiger charge is -2.40. The molecule has 104 valence electrons. The van der Waals surface area contributed by atoms with Gasteiger partial charge in [0.2, 0.25) is 5.91 Å². The maximum atomic E-state index is 12.2. The van der Waals surface area contributed by atoms with Crippen LogP contribution in [0.4, 0.5) is 5.69 Å². The summed E-state index contributed by atoms with van der Waals surface area (Å²) < 4.78 is 0. The van der Waals surface area contributed by atoms with Crippen molar-refractivity contribution in [3.05, 3.63) is 29.3 Å². The number of likely N-dealkylation sites (N-methyl/N-ethyl adjacent to an activating group) is 1. The number of benzene rings is 1. The molecule has 2 atom stereocenters. The highest BCUT2D eigenvalue weighted by atomic mass is 16.2. The lowest BCUT2D eigenvalue weighted by Crippen LogP contribution is -2.62. The maximum Gasteiger partial charge on any atom is 0.244 e. The molecule has 1 fully saturated rings. The van der Waals surface area contributed by atoms with E-state index < -0.39 is 0 Å². The topological polar surface area (TPSA) is 44.4 Å². The zero-order valence-electron chi connectivity index (χ0n) is 12.2. The second kappa shape index (κ2) is 5.61. The first-order chi connectivity index (χ1) is 9.04. The molecule has 0 spiro atoms. The molecule has 4 heteroatoms. The van der Waals surface area contributed by atoms with Crippen LogP contribution in [0.3, 0.4) is 0 Å². The summed E-state index contributed by atoms with van der Waals surface area (Å²) >= 11 is 0. The maximum absolute atomic E-state index is 12.2. The van der Waals surface area contributed by atoms with Crippen LogP contribution in [-0.4, -0.2) is 38.1 Å². The summed E-state index contributed by atoms with van der Waals surface area (Å²) in [6.45, 7) is 7.79. The van der Waals surface area contributed by atoms with Gasteiger partial charge in [0.15, 0.2) is 0 Å². The summed E-state index contributed by atoms with van der Waals surface area (Å²) in [5.74, 6) is 0.106. The monoisotopic (exact) mass is 261 g/mol. The summed E-state index contributed by atoms with van der Waals surface area (Å²) in [6.07, 6.45) is 0. The van der Waals surface area contributed by atoms with E-state index in [0.717, 1.165) is 6.54 Å². The number of amides is 1. The smallest absolute Gasteiger partial charge is 0.244 e. The molecule has 1 amide bonds. The number of anilines is 1. The summed E-state index contributed by atoms with van der Waals surface area (Å²) in [5.41, 5.74) is 3.69. The fourth-order valence-electron chi connectivity index (χ4n) is 2.66. The summed E-state index contributed by atoms with van der Waals surface area (Å²) in [6, 6.07) is 6.32. The Balaban J connectivity index is 2.37. The largest absolute Gasteiger partial charge is 0.356 e. The van der Waals surface area contributed by atoms with Crippen molar-refractivity contribution >= 4 is 11.6 Å². The third-order valence-electron chi connectivity index (χ3n) is 3.82. The third-order valence-corrected chi connectivity index (χ3v) is 3.82. The number of carbonyl (C=O) groups excluding carboxylic acids is 1. The molecule has 4 nitrogen and oxygen atoms in total. The zero-order chi connectivity index (χ0) is 14.0. The Morgan fingerprint density at radius 1 is 1.42 bits per heavy atom. The fourth-order valence-corrected chi connectivity index (χ4v) is 2.66. The van der Waals surface area contributed by atoms with Gasteiger partial charge in [-0.15, -0.1) is 0 Å². The molecule has 2 rings (SSSR count). The highest BCUT2D eigenvalue weighted by Gasteiger charge is 2.33. The van der Waals surface area contributed by atoms with Crippen LogP contribution in [0.25, 0.3) is 0 Å². The average Bonchev–Trinajstić information content (AvgIpc) is 2.36. The van der Waals surface area contributed by atoms with E-state index in [4.69, 9.17) is 0 Å². The van der Waals surface area contributed by atoms with E-state index in [1.165, 1.54) is 16.8 Å². The van der Waals surface area contributed by atoms with Crippen LogP contribution in [-0.2, 0) is 4.79 Å². The van der Waals surface area contributed by atoms with Gasteiger partial charge in [0.25, 0.3) is 0 Å². The number of hydrogen-bond donors (Lipinski definition) is 2. The molecule has 1 heterocycles. The number of nitrogens with zero attached hydrogens (tertiary/aromatic N) is 1. The molecule has 19 heavy (non-hydrogen) atoms. The average molecular weight is 261 g/mol. The van der Waals surface area contributed by atoms with Crippen LogP contribution in [0.2, 0.25) is 0 Å². The number of piperazine rings is 1. The minimum absolute atomic E-state index is 0.106. The Bertz CT molecular complexity index is 472. The predicted octanol–water partition coefficient (Wildman–Crippen LogP) is 1.22. The van der Waals surface area contributed by atoms with Crippen LogP contribution in [0.5, 0.6) is 0 Å². The van der Waals surface area contributed by atoms with Crippen LogP contribution < -0.4 is 15.5 Å². The molecule has 1 aliphatic heterocycles. The van der Waals surface area contributed by atoms with Crippen molar-refractivity contribution in [1.29, 1.82) is 0 Å². The molecule has 2 unspecified atom stereocenters. The highest BCUT2D eigenvalue weighted by molar-refractivity contribution is 5.87. The van der Waals surface area contributed by atoms with Crippen LogP contribution in [0.15, 0.2) is 18.2 Å². The van der Waals surface area contributed by atoms with Gasteiger partial charge in [0.05, 0.1) is 0 Å². The van der Waals surface area contributed by atoms with Crippen molar-refractivity contribution in [3.8, 4) is 0 Å². The van der Waals surface area contributed by atoms with Crippen LogP contribution >= 0.6 is 0 Å². The number of carbonyl (C=O) groups is 1. The second-order valence-corrected chi connectivity index (χ2v) is 5.35. The molecule has 0 bridgehead atoms. The van der Waals surface area contributed by atoms with Gasteiger partial charge in [-0.3, -0.25) is 4.79 Å². The van der Waals surface area contributed by atoms with Gasteiger partial charge in [-0.05, 0) is 45.0 Å². The standard InChI is InChI=1S/C15H23N3O/c1-10-6-5-7-13(12(10)3)18-9-11(2)17-15(19)14(18)8-16-4/h5-7,11,14,16H,8-9H2,1-4H3,(H,17,19). The number of rotatable bonds is 3. The van der Waals surface area contributed by atoms with Gasteiger partial charge in [-0.1, -0.05) is 12.1 Å². The molecule has 0 aliphatic carbocycles. The zero-order valence-corrected chi connectivity index (χ0v) is 12.2. The number of nitrogens with one attached hydrogen (secondary N) is 2. The van der Waals surface area contributed by atoms with Crippen molar-refractivity contribution in [3.63, 3.8) is 0 Å². The second-order valence-electron chi connectivity index (χ2n) is 5.35. The van der Waals surface area contributed by atoms with E-state index in [-0.39, 0.29) is 18.0 Å². The van der Waals surface area contributed by atoms with Crippen molar-refractivity contribution in [2.24, 2.45) is 0 Å². The fraction of sp³-hybridized carbons (Fsp3) is 0.533. The first-order valence-corrected chi connectivity index (χ1v) is 6.82. The Labute approximate surface area is 115 Å². The van der Waals surface area contributed by atoms with Crippen LogP contribution in [0, 0.1) is 13.8 Å². The van der Waals surface area contributed by atoms with Crippen molar-refractivity contribution in [1.82, 2.24) is 10.6 Å². The van der Waals surface area contributed by atoms with E-state index in [1.807, 2.05) is 14.0 Å². The van der Waals surface area contributed by atoms with Crippen molar-refractivity contribution < 1.29 is 4.79 Å². The molecule has 0 aromatic heterocycles. The van der Waals surface area contributed by atoms with E-state index in [9.17, 15) is 4.79 Å². The van der Waals surface area contributed by atoms with Crippen LogP contribution in [0.1, 0.15) is 18.1 Å². The van der Waals surface area contributed by atoms with Gasteiger partial charge in [0, 0.05) is 24.8 Å². The van der Waals surface area contributed by atoms with E-state index in [0.29, 0.717) is 6.54 Å². The minimum atomic E-state index is -0.137. The SMILES string of the molecule is CNCC1C(=O)NC(C)CN1c1cccc(C)c1C. The van der Waals surface area contributed by atoms with Gasteiger partial charge in [-0.25, -0.2) is 0 Å². The lowest BCUT2D eigenvalue weighted by molar-refractivity contribution is -0.124. The molecule has 2 N–H and O–H groups in total. The lowest BCUT2D eigenvalue weighted by atomic mass is 10.0. The third kappa shape index (κ3) is 2.73. The molecule has 1 aromatic carbocycles. The molecule has 1 aromatic rings. The quantitative estimate of drug-likeness (QED) is 0.860. The Morgan fingerprint density at radius 3 is 2.84 bits per heavy atom. The molecule has 0 radical (unpaired) electrons. The normalized spacial score (nSPS) is 23.4. The molecular formula is C15H23N3O. The van der Waals surface area contributed by atoms with Gasteiger partial charge in [0.1, 0.15) is 6.04 Å². The van der Waals surface area contributed by atoms with Gasteiger partial charge < -0.3 is 15.5 Å². The molecular weight excluding hydrogens is 238 g/mol. The van der Waals surface area contributed by atoms with Crippen molar-refractivity contribution in [2.45, 2.75) is 32.9 Å². The van der Waals surface area contributed by atoms with Gasteiger partial charge >= 0.3 is 0 Å². The number of hydrogen-bond acceptors (Lipinski definition) is 3. The van der Waals surface area contributed by atoms with Gasteiger partial charge in [-0.2, -0.15) is 0 Å². The summed E-state index contributed by atoms with van der Waals surface area (Å²) in [7, 11) is 1.88. The Hall–Kier alpha value is -1.55.